The summed E-state index contributed by atoms with van der Waals surface area (Å²) < 4.78 is 0. The lowest BCUT2D eigenvalue weighted by Gasteiger charge is -2.13. The lowest BCUT2D eigenvalue weighted by Crippen LogP contribution is -2.30. The van der Waals surface area contributed by atoms with Gasteiger partial charge >= 0.3 is 0 Å². The minimum Gasteiger partial charge on any atom is -0.355 e. The fourth-order valence-electron chi connectivity index (χ4n) is 3.13. The van der Waals surface area contributed by atoms with Gasteiger partial charge in [0, 0.05) is 24.8 Å². The van der Waals surface area contributed by atoms with Crippen molar-refractivity contribution in [3.63, 3.8) is 0 Å². The Labute approximate surface area is 179 Å². The maximum absolute atomic E-state index is 12.3. The maximum Gasteiger partial charge on any atom is 0.261 e. The number of hydrogen-bond acceptors (Lipinski definition) is 5. The number of carbonyl (C=O) groups excluding carboxylic acids is 4. The third-order valence-corrected chi connectivity index (χ3v) is 5.73. The van der Waals surface area contributed by atoms with Crippen molar-refractivity contribution in [2.45, 2.75) is 12.8 Å². The molecule has 0 saturated carbocycles. The molecule has 0 radical (unpaired) electrons. The molecule has 0 atom stereocenters. The fourth-order valence-corrected chi connectivity index (χ4v) is 3.94. The molecule has 0 aliphatic carbocycles. The Hall–Kier alpha value is -3.13. The molecule has 30 heavy (non-hydrogen) atoms. The number of hydrogen-bond donors (Lipinski definition) is 2. The Morgan fingerprint density at radius 1 is 0.933 bits per heavy atom. The van der Waals surface area contributed by atoms with Crippen LogP contribution < -0.4 is 10.6 Å². The van der Waals surface area contributed by atoms with E-state index in [1.54, 1.807) is 55.6 Å². The molecule has 2 N–H and O–H groups in total. The summed E-state index contributed by atoms with van der Waals surface area (Å²) in [6, 6.07) is 13.6. The molecule has 7 nitrogen and oxygen atoms in total. The van der Waals surface area contributed by atoms with Crippen molar-refractivity contribution >= 4 is 41.1 Å². The monoisotopic (exact) mass is 425 g/mol. The highest BCUT2D eigenvalue weighted by Gasteiger charge is 2.34. The molecule has 0 unspecified atom stereocenters. The Morgan fingerprint density at radius 2 is 1.57 bits per heavy atom. The summed E-state index contributed by atoms with van der Waals surface area (Å²) in [7, 11) is 1.56. The van der Waals surface area contributed by atoms with E-state index in [4.69, 9.17) is 0 Å². The number of imide groups is 1. The zero-order valence-electron chi connectivity index (χ0n) is 16.6. The predicted molar refractivity (Wildman–Crippen MR) is 117 cm³/mol. The minimum absolute atomic E-state index is 0.118. The molecule has 0 aromatic heterocycles. The number of carbonyl (C=O) groups is 4. The van der Waals surface area contributed by atoms with Gasteiger partial charge in [-0.15, -0.1) is 0 Å². The molecule has 2 aromatic carbocycles. The standard InChI is InChI=1S/C22H23N3O4S/c1-23-20(27)15-8-10-16(11-9-15)24-19(26)14-30-13-5-4-12-25-21(28)17-6-2-3-7-18(17)22(25)29/h2-3,6-11H,4-5,12-14H2,1H3,(H,23,27)(H,24,26). The van der Waals surface area contributed by atoms with Gasteiger partial charge < -0.3 is 10.6 Å². The highest BCUT2D eigenvalue weighted by Crippen LogP contribution is 2.22. The molecule has 0 fully saturated rings. The summed E-state index contributed by atoms with van der Waals surface area (Å²) in [5.74, 6) is 0.309. The second-order valence-corrected chi connectivity index (χ2v) is 7.88. The van der Waals surface area contributed by atoms with Crippen LogP contribution in [0.2, 0.25) is 0 Å². The van der Waals surface area contributed by atoms with Crippen LogP contribution >= 0.6 is 11.8 Å². The van der Waals surface area contributed by atoms with Gasteiger partial charge in [0.05, 0.1) is 16.9 Å². The first-order valence-electron chi connectivity index (χ1n) is 9.66. The fraction of sp³-hybridized carbons (Fsp3) is 0.273. The largest absolute Gasteiger partial charge is 0.355 e. The van der Waals surface area contributed by atoms with Gasteiger partial charge in [0.1, 0.15) is 0 Å². The van der Waals surface area contributed by atoms with Crippen molar-refractivity contribution < 1.29 is 19.2 Å². The van der Waals surface area contributed by atoms with E-state index >= 15 is 0 Å². The Bertz CT molecular complexity index is 924. The summed E-state index contributed by atoms with van der Waals surface area (Å²) in [6.07, 6.45) is 1.49. The van der Waals surface area contributed by atoms with Crippen LogP contribution in [0.15, 0.2) is 48.5 Å². The first-order valence-corrected chi connectivity index (χ1v) is 10.8. The zero-order chi connectivity index (χ0) is 21.5. The number of anilines is 1. The van der Waals surface area contributed by atoms with E-state index in [0.717, 1.165) is 12.2 Å². The summed E-state index contributed by atoms with van der Waals surface area (Å²) in [5, 5.41) is 5.34. The van der Waals surface area contributed by atoms with Gasteiger partial charge in [-0.05, 0) is 55.0 Å². The van der Waals surface area contributed by atoms with E-state index in [2.05, 4.69) is 10.6 Å². The second kappa shape index (κ2) is 10.1. The quantitative estimate of drug-likeness (QED) is 0.476. The van der Waals surface area contributed by atoms with Crippen molar-refractivity contribution in [3.05, 3.63) is 65.2 Å². The molecular weight excluding hydrogens is 402 g/mol. The lowest BCUT2D eigenvalue weighted by atomic mass is 10.1. The average Bonchev–Trinajstić information content (AvgIpc) is 3.01. The third kappa shape index (κ3) is 5.07. The van der Waals surface area contributed by atoms with Crippen molar-refractivity contribution in [1.82, 2.24) is 10.2 Å². The second-order valence-electron chi connectivity index (χ2n) is 6.77. The van der Waals surface area contributed by atoms with Crippen LogP contribution in [-0.4, -0.2) is 53.6 Å². The third-order valence-electron chi connectivity index (χ3n) is 4.69. The van der Waals surface area contributed by atoms with E-state index in [1.807, 2.05) is 0 Å². The predicted octanol–water partition coefficient (Wildman–Crippen LogP) is 2.79. The molecule has 156 valence electrons. The van der Waals surface area contributed by atoms with Crippen molar-refractivity contribution in [2.75, 3.05) is 30.4 Å². The first kappa shape index (κ1) is 21.6. The average molecular weight is 426 g/mol. The van der Waals surface area contributed by atoms with Crippen LogP contribution in [0, 0.1) is 0 Å². The number of rotatable bonds is 9. The number of unbranched alkanes of at least 4 members (excludes halogenated alkanes) is 1. The molecule has 1 heterocycles. The van der Waals surface area contributed by atoms with Gasteiger partial charge in [-0.25, -0.2) is 0 Å². The van der Waals surface area contributed by atoms with Gasteiger partial charge in [-0.1, -0.05) is 12.1 Å². The SMILES string of the molecule is CNC(=O)c1ccc(NC(=O)CSCCCCN2C(=O)c3ccccc3C2=O)cc1. The molecule has 3 rings (SSSR count). The highest BCUT2D eigenvalue weighted by atomic mass is 32.2. The van der Waals surface area contributed by atoms with E-state index in [-0.39, 0.29) is 23.6 Å². The van der Waals surface area contributed by atoms with Crippen LogP contribution in [-0.2, 0) is 4.79 Å². The van der Waals surface area contributed by atoms with Gasteiger partial charge in [0.2, 0.25) is 5.91 Å². The minimum atomic E-state index is -0.231. The molecule has 4 amide bonds. The summed E-state index contributed by atoms with van der Waals surface area (Å²) in [5.41, 5.74) is 2.11. The molecule has 0 spiro atoms. The normalized spacial score (nSPS) is 12.6. The number of fused-ring (bicyclic) bond motifs is 1. The number of thioether (sulfide) groups is 1. The van der Waals surface area contributed by atoms with E-state index in [0.29, 0.717) is 41.1 Å². The summed E-state index contributed by atoms with van der Waals surface area (Å²) in [6.45, 7) is 0.386. The van der Waals surface area contributed by atoms with Crippen LogP contribution in [0.5, 0.6) is 0 Å². The van der Waals surface area contributed by atoms with Gasteiger partial charge in [0.15, 0.2) is 0 Å². The summed E-state index contributed by atoms with van der Waals surface area (Å²) in [4.78, 5) is 49.4. The van der Waals surface area contributed by atoms with E-state index in [9.17, 15) is 19.2 Å². The molecular formula is C22H23N3O4S. The molecule has 2 aromatic rings. The summed E-state index contributed by atoms with van der Waals surface area (Å²) >= 11 is 1.50. The molecule has 1 aliphatic rings. The topological polar surface area (TPSA) is 95.6 Å². The molecule has 8 heteroatoms. The lowest BCUT2D eigenvalue weighted by molar-refractivity contribution is -0.113. The maximum atomic E-state index is 12.3. The molecule has 0 bridgehead atoms. The smallest absolute Gasteiger partial charge is 0.261 e. The van der Waals surface area contributed by atoms with Crippen LogP contribution in [0.25, 0.3) is 0 Å². The van der Waals surface area contributed by atoms with Gasteiger partial charge in [-0.2, -0.15) is 11.8 Å². The van der Waals surface area contributed by atoms with Crippen molar-refractivity contribution in [3.8, 4) is 0 Å². The van der Waals surface area contributed by atoms with Gasteiger partial charge in [0.25, 0.3) is 17.7 Å². The van der Waals surface area contributed by atoms with E-state index in [1.165, 1.54) is 16.7 Å². The number of nitrogens with one attached hydrogen (secondary N) is 2. The van der Waals surface area contributed by atoms with Crippen molar-refractivity contribution in [1.29, 1.82) is 0 Å². The van der Waals surface area contributed by atoms with Gasteiger partial charge in [-0.3, -0.25) is 24.1 Å². The van der Waals surface area contributed by atoms with Crippen molar-refractivity contribution in [2.24, 2.45) is 0 Å². The highest BCUT2D eigenvalue weighted by molar-refractivity contribution is 7.99. The zero-order valence-corrected chi connectivity index (χ0v) is 17.5. The van der Waals surface area contributed by atoms with Crippen LogP contribution in [0.4, 0.5) is 5.69 Å². The van der Waals surface area contributed by atoms with E-state index < -0.39 is 0 Å². The Balaban J connectivity index is 1.33. The Kier molecular flexibility index (Phi) is 7.24. The number of benzene rings is 2. The number of amides is 4. The van der Waals surface area contributed by atoms with Crippen LogP contribution in [0.1, 0.15) is 43.9 Å². The Morgan fingerprint density at radius 3 is 2.17 bits per heavy atom. The molecule has 0 saturated heterocycles. The first-order chi connectivity index (χ1) is 14.5. The van der Waals surface area contributed by atoms with Crippen LogP contribution in [0.3, 0.4) is 0 Å². The molecule has 1 aliphatic heterocycles. The number of nitrogens with zero attached hydrogens (tertiary/aromatic N) is 1.